The average Bonchev–Trinajstić information content (AvgIpc) is 2.36. The Balaban J connectivity index is 2.35. The first-order chi connectivity index (χ1) is 9.02. The summed E-state index contributed by atoms with van der Waals surface area (Å²) < 4.78 is 5.08. The summed E-state index contributed by atoms with van der Waals surface area (Å²) in [7, 11) is 3.66. The van der Waals surface area contributed by atoms with Gasteiger partial charge in [-0.2, -0.15) is 0 Å². The van der Waals surface area contributed by atoms with Crippen molar-refractivity contribution in [3.05, 3.63) is 24.3 Å². The van der Waals surface area contributed by atoms with Gasteiger partial charge in [-0.3, -0.25) is 4.79 Å². The summed E-state index contributed by atoms with van der Waals surface area (Å²) in [5.74, 6) is -0.0120. The molecule has 0 saturated carbocycles. The van der Waals surface area contributed by atoms with Crippen molar-refractivity contribution in [1.82, 2.24) is 4.90 Å². The normalized spacial score (nSPS) is 12.4. The number of amides is 1. The number of hydrogen-bond donors (Lipinski definition) is 2. The number of anilines is 2. The minimum Gasteiger partial charge on any atom is -0.399 e. The van der Waals surface area contributed by atoms with Crippen molar-refractivity contribution in [1.29, 1.82) is 0 Å². The number of carbonyl (C=O) groups excluding carboxylic acids is 1. The third-order valence-electron chi connectivity index (χ3n) is 3.02. The Labute approximate surface area is 114 Å². The first kappa shape index (κ1) is 15.5. The van der Waals surface area contributed by atoms with Crippen LogP contribution in [0.25, 0.3) is 0 Å². The van der Waals surface area contributed by atoms with E-state index in [1.54, 1.807) is 19.2 Å². The highest BCUT2D eigenvalue weighted by Crippen LogP contribution is 2.12. The molecule has 5 heteroatoms. The second kappa shape index (κ2) is 7.76. The van der Waals surface area contributed by atoms with E-state index in [-0.39, 0.29) is 5.91 Å². The molecule has 1 aromatic carbocycles. The van der Waals surface area contributed by atoms with E-state index in [0.29, 0.717) is 31.3 Å². The van der Waals surface area contributed by atoms with Crippen molar-refractivity contribution >= 4 is 17.3 Å². The Kier molecular flexibility index (Phi) is 6.32. The van der Waals surface area contributed by atoms with Crippen LogP contribution in [-0.2, 0) is 9.53 Å². The van der Waals surface area contributed by atoms with Crippen LogP contribution >= 0.6 is 0 Å². The van der Waals surface area contributed by atoms with Gasteiger partial charge in [-0.15, -0.1) is 0 Å². The predicted octanol–water partition coefficient (Wildman–Crippen LogP) is 1.56. The first-order valence-electron chi connectivity index (χ1n) is 6.37. The molecule has 0 fully saturated rings. The van der Waals surface area contributed by atoms with Crippen LogP contribution in [0.3, 0.4) is 0 Å². The van der Waals surface area contributed by atoms with Crippen molar-refractivity contribution < 1.29 is 9.53 Å². The van der Waals surface area contributed by atoms with Gasteiger partial charge in [-0.1, -0.05) is 6.07 Å². The molecule has 106 valence electrons. The van der Waals surface area contributed by atoms with Gasteiger partial charge in [0.25, 0.3) is 0 Å². The van der Waals surface area contributed by atoms with Crippen LogP contribution in [0.4, 0.5) is 11.4 Å². The molecular weight excluding hydrogens is 242 g/mol. The van der Waals surface area contributed by atoms with E-state index in [1.807, 2.05) is 19.2 Å². The largest absolute Gasteiger partial charge is 0.399 e. The van der Waals surface area contributed by atoms with Gasteiger partial charge in [0.05, 0.1) is 6.61 Å². The number of hydrogen-bond acceptors (Lipinski definition) is 4. The van der Waals surface area contributed by atoms with Gasteiger partial charge in [-0.25, -0.2) is 0 Å². The zero-order valence-corrected chi connectivity index (χ0v) is 11.8. The average molecular weight is 265 g/mol. The smallest absolute Gasteiger partial charge is 0.225 e. The van der Waals surface area contributed by atoms with Crippen LogP contribution in [0, 0.1) is 0 Å². The van der Waals surface area contributed by atoms with Crippen LogP contribution in [0.5, 0.6) is 0 Å². The molecule has 19 heavy (non-hydrogen) atoms. The highest BCUT2D eigenvalue weighted by atomic mass is 16.5. The monoisotopic (exact) mass is 265 g/mol. The van der Waals surface area contributed by atoms with Gasteiger partial charge in [0.1, 0.15) is 0 Å². The molecule has 0 aromatic heterocycles. The first-order valence-corrected chi connectivity index (χ1v) is 6.37. The highest BCUT2D eigenvalue weighted by molar-refractivity contribution is 5.91. The molecule has 5 nitrogen and oxygen atoms in total. The van der Waals surface area contributed by atoms with E-state index >= 15 is 0 Å². The standard InChI is InChI=1S/C14H23N3O2/c1-11(10-19-3)17(2)8-7-14(18)16-13-6-4-5-12(15)9-13/h4-6,9,11H,7-8,10,15H2,1-3H3,(H,16,18). The van der Waals surface area contributed by atoms with E-state index in [9.17, 15) is 4.79 Å². The van der Waals surface area contributed by atoms with Gasteiger partial charge in [0, 0.05) is 37.5 Å². The fraction of sp³-hybridized carbons (Fsp3) is 0.500. The molecule has 1 aromatic rings. The summed E-state index contributed by atoms with van der Waals surface area (Å²) in [6, 6.07) is 7.47. The Morgan fingerprint density at radius 1 is 1.53 bits per heavy atom. The molecule has 1 unspecified atom stereocenters. The number of nitrogens with zero attached hydrogens (tertiary/aromatic N) is 1. The molecule has 1 rings (SSSR count). The summed E-state index contributed by atoms with van der Waals surface area (Å²) in [4.78, 5) is 13.9. The van der Waals surface area contributed by atoms with E-state index in [1.165, 1.54) is 0 Å². The summed E-state index contributed by atoms with van der Waals surface area (Å²) in [5.41, 5.74) is 7.03. The van der Waals surface area contributed by atoms with Crippen LogP contribution in [0.2, 0.25) is 0 Å². The Hall–Kier alpha value is -1.59. The number of nitrogens with two attached hydrogens (primary N) is 1. The van der Waals surface area contributed by atoms with E-state index < -0.39 is 0 Å². The zero-order valence-electron chi connectivity index (χ0n) is 11.8. The van der Waals surface area contributed by atoms with Gasteiger partial charge >= 0.3 is 0 Å². The number of carbonyl (C=O) groups is 1. The molecule has 0 spiro atoms. The third-order valence-corrected chi connectivity index (χ3v) is 3.02. The molecular formula is C14H23N3O2. The topological polar surface area (TPSA) is 67.6 Å². The molecule has 0 aliphatic rings. The maximum Gasteiger partial charge on any atom is 0.225 e. The highest BCUT2D eigenvalue weighted by Gasteiger charge is 2.10. The lowest BCUT2D eigenvalue weighted by Gasteiger charge is -2.23. The summed E-state index contributed by atoms with van der Waals surface area (Å²) >= 11 is 0. The van der Waals surface area contributed by atoms with Gasteiger partial charge in [-0.05, 0) is 32.2 Å². The molecule has 1 amide bonds. The Morgan fingerprint density at radius 2 is 2.26 bits per heavy atom. The van der Waals surface area contributed by atoms with Gasteiger partial charge < -0.3 is 20.7 Å². The number of nitrogens with one attached hydrogen (secondary N) is 1. The molecule has 0 aliphatic carbocycles. The number of nitrogen functional groups attached to an aromatic ring is 1. The lowest BCUT2D eigenvalue weighted by atomic mass is 10.2. The van der Waals surface area contributed by atoms with Gasteiger partial charge in [0.2, 0.25) is 5.91 Å². The maximum absolute atomic E-state index is 11.8. The van der Waals surface area contributed by atoms with Crippen molar-refractivity contribution in [2.75, 3.05) is 38.4 Å². The third kappa shape index (κ3) is 5.72. The lowest BCUT2D eigenvalue weighted by molar-refractivity contribution is -0.116. The van der Waals surface area contributed by atoms with Crippen LogP contribution in [-0.4, -0.2) is 44.2 Å². The van der Waals surface area contributed by atoms with Crippen molar-refractivity contribution in [2.24, 2.45) is 0 Å². The number of likely N-dealkylation sites (N-methyl/N-ethyl adjacent to an activating group) is 1. The van der Waals surface area contributed by atoms with Crippen molar-refractivity contribution in [3.8, 4) is 0 Å². The van der Waals surface area contributed by atoms with E-state index in [2.05, 4.69) is 17.1 Å². The number of ether oxygens (including phenoxy) is 1. The van der Waals surface area contributed by atoms with Crippen molar-refractivity contribution in [3.63, 3.8) is 0 Å². The van der Waals surface area contributed by atoms with Crippen LogP contribution in [0.1, 0.15) is 13.3 Å². The summed E-state index contributed by atoms with van der Waals surface area (Å²) in [6.07, 6.45) is 0.444. The van der Waals surface area contributed by atoms with Crippen molar-refractivity contribution in [2.45, 2.75) is 19.4 Å². The van der Waals surface area contributed by atoms with E-state index in [4.69, 9.17) is 10.5 Å². The van der Waals surface area contributed by atoms with E-state index in [0.717, 1.165) is 5.69 Å². The molecule has 0 bridgehead atoms. The van der Waals surface area contributed by atoms with Crippen LogP contribution in [0.15, 0.2) is 24.3 Å². The van der Waals surface area contributed by atoms with Gasteiger partial charge in [0.15, 0.2) is 0 Å². The van der Waals surface area contributed by atoms with Crippen LogP contribution < -0.4 is 11.1 Å². The molecule has 0 aliphatic heterocycles. The minimum atomic E-state index is -0.0120. The number of rotatable bonds is 7. The quantitative estimate of drug-likeness (QED) is 0.734. The minimum absolute atomic E-state index is 0.0120. The number of methoxy groups -OCH3 is 1. The molecule has 1 atom stereocenters. The maximum atomic E-state index is 11.8. The molecule has 0 saturated heterocycles. The SMILES string of the molecule is COCC(C)N(C)CCC(=O)Nc1cccc(N)c1. The Bertz CT molecular complexity index is 409. The summed E-state index contributed by atoms with van der Waals surface area (Å²) in [6.45, 7) is 3.42. The predicted molar refractivity (Wildman–Crippen MR) is 78.1 cm³/mol. The fourth-order valence-electron chi connectivity index (χ4n) is 1.71. The second-order valence-electron chi connectivity index (χ2n) is 4.71. The molecule has 3 N–H and O–H groups in total. The zero-order chi connectivity index (χ0) is 14.3. The fourth-order valence-corrected chi connectivity index (χ4v) is 1.71. The molecule has 0 radical (unpaired) electrons. The lowest BCUT2D eigenvalue weighted by Crippen LogP contribution is -2.35. The molecule has 0 heterocycles. The second-order valence-corrected chi connectivity index (χ2v) is 4.71. The number of benzene rings is 1. The summed E-state index contributed by atoms with van der Waals surface area (Å²) in [5, 5.41) is 2.83. The Morgan fingerprint density at radius 3 is 2.89 bits per heavy atom.